The first-order valence-corrected chi connectivity index (χ1v) is 7.90. The molecule has 1 atom stereocenters. The molecule has 2 rings (SSSR count). The van der Waals surface area contributed by atoms with Crippen molar-refractivity contribution in [2.75, 3.05) is 0 Å². The van der Waals surface area contributed by atoms with Gasteiger partial charge in [0.25, 0.3) is 11.5 Å². The molecule has 1 aromatic heterocycles. The van der Waals surface area contributed by atoms with Crippen molar-refractivity contribution in [1.29, 1.82) is 5.26 Å². The third-order valence-electron chi connectivity index (χ3n) is 3.60. The normalized spacial score (nSPS) is 11.9. The fourth-order valence-corrected chi connectivity index (χ4v) is 2.70. The van der Waals surface area contributed by atoms with Crippen molar-refractivity contribution in [3.05, 3.63) is 38.9 Å². The van der Waals surface area contributed by atoms with Gasteiger partial charge in [0.2, 0.25) is 0 Å². The van der Waals surface area contributed by atoms with E-state index in [0.29, 0.717) is 34.2 Å². The van der Waals surface area contributed by atoms with Crippen LogP contribution in [0.1, 0.15) is 37.0 Å². The van der Waals surface area contributed by atoms with Gasteiger partial charge in [-0.25, -0.2) is 0 Å². The molecule has 0 saturated carbocycles. The molecule has 0 radical (unpaired) electrons. The number of aromatic nitrogens is 2. The van der Waals surface area contributed by atoms with Crippen molar-refractivity contribution in [3.8, 4) is 6.07 Å². The van der Waals surface area contributed by atoms with Crippen LogP contribution in [0.15, 0.2) is 23.0 Å². The summed E-state index contributed by atoms with van der Waals surface area (Å²) in [6.45, 7) is 4.27. The number of rotatable bonds is 5. The minimum Gasteiger partial charge on any atom is -0.336 e. The number of nitriles is 1. The molecule has 0 unspecified atom stereocenters. The highest BCUT2D eigenvalue weighted by atomic mass is 32.1. The summed E-state index contributed by atoms with van der Waals surface area (Å²) in [5, 5.41) is 12.2. The maximum absolute atomic E-state index is 12.3. The second kappa shape index (κ2) is 7.20. The molecule has 2 aromatic rings. The molecular weight excluding hydrogens is 312 g/mol. The summed E-state index contributed by atoms with van der Waals surface area (Å²) >= 11 is 5.16. The second-order valence-corrected chi connectivity index (χ2v) is 5.57. The highest BCUT2D eigenvalue weighted by Gasteiger charge is 2.14. The van der Waals surface area contributed by atoms with Gasteiger partial charge in [-0.1, -0.05) is 13.3 Å². The Morgan fingerprint density at radius 1 is 1.48 bits per heavy atom. The van der Waals surface area contributed by atoms with Gasteiger partial charge in [-0.2, -0.15) is 5.26 Å². The highest BCUT2D eigenvalue weighted by molar-refractivity contribution is 7.71. The summed E-state index contributed by atoms with van der Waals surface area (Å²) in [5.74, 6) is -0.342. The maximum Gasteiger partial charge on any atom is 0.262 e. The third-order valence-corrected chi connectivity index (χ3v) is 3.92. The number of nitrogens with one attached hydrogen (secondary N) is 2. The summed E-state index contributed by atoms with van der Waals surface area (Å²) in [6.07, 6.45) is 1.40. The monoisotopic (exact) mass is 330 g/mol. The molecule has 120 valence electrons. The van der Waals surface area contributed by atoms with Crippen LogP contribution in [0.5, 0.6) is 0 Å². The summed E-state index contributed by atoms with van der Waals surface area (Å²) in [7, 11) is 0. The van der Waals surface area contributed by atoms with Gasteiger partial charge < -0.3 is 10.3 Å². The molecule has 0 aliphatic carbocycles. The number of H-pyrrole nitrogens is 1. The summed E-state index contributed by atoms with van der Waals surface area (Å²) in [5.41, 5.74) is 0.716. The standard InChI is InChI=1S/C16H18N4O2S/c1-3-5-11(9-17)18-14(21)10-6-7-12-13(8-10)19-16(23)20(4-2)15(12)22/h6-8,11H,3-5H2,1-2H3,(H,18,21)(H,19,23)/t11-/m1/s1. The van der Waals surface area contributed by atoms with Gasteiger partial charge in [0.1, 0.15) is 6.04 Å². The van der Waals surface area contributed by atoms with Crippen LogP contribution in [0, 0.1) is 16.1 Å². The first-order valence-electron chi connectivity index (χ1n) is 7.49. The van der Waals surface area contributed by atoms with Crippen LogP contribution in [0.3, 0.4) is 0 Å². The molecule has 1 aromatic carbocycles. The molecule has 6 nitrogen and oxygen atoms in total. The van der Waals surface area contributed by atoms with E-state index < -0.39 is 6.04 Å². The number of fused-ring (bicyclic) bond motifs is 1. The van der Waals surface area contributed by atoms with E-state index in [1.165, 1.54) is 4.57 Å². The Bertz CT molecular complexity index is 892. The summed E-state index contributed by atoms with van der Waals surface area (Å²) in [6, 6.07) is 6.31. The topological polar surface area (TPSA) is 90.7 Å². The molecule has 1 amide bonds. The van der Waals surface area contributed by atoms with Crippen LogP contribution in [-0.2, 0) is 6.54 Å². The Morgan fingerprint density at radius 3 is 2.83 bits per heavy atom. The van der Waals surface area contributed by atoms with Crippen molar-refractivity contribution in [3.63, 3.8) is 0 Å². The third kappa shape index (κ3) is 3.48. The van der Waals surface area contributed by atoms with Crippen molar-refractivity contribution in [2.45, 2.75) is 39.3 Å². The van der Waals surface area contributed by atoms with E-state index in [0.717, 1.165) is 6.42 Å². The number of carbonyl (C=O) groups excluding carboxylic acids is 1. The Morgan fingerprint density at radius 2 is 2.22 bits per heavy atom. The van der Waals surface area contributed by atoms with E-state index in [9.17, 15) is 9.59 Å². The Hall–Kier alpha value is -2.46. The molecule has 0 saturated heterocycles. The number of amides is 1. The quantitative estimate of drug-likeness (QED) is 0.824. The Kier molecular flexibility index (Phi) is 5.29. The number of carbonyl (C=O) groups is 1. The van der Waals surface area contributed by atoms with E-state index in [-0.39, 0.29) is 11.5 Å². The first kappa shape index (κ1) is 16.9. The van der Waals surface area contributed by atoms with Gasteiger partial charge in [-0.15, -0.1) is 0 Å². The molecule has 23 heavy (non-hydrogen) atoms. The SMILES string of the molecule is CCC[C@H](C#N)NC(=O)c1ccc2c(=O)n(CC)c(=S)[nH]c2c1. The average Bonchev–Trinajstić information content (AvgIpc) is 2.54. The second-order valence-electron chi connectivity index (χ2n) is 5.18. The van der Waals surface area contributed by atoms with Crippen LogP contribution in [0.2, 0.25) is 0 Å². The molecule has 7 heteroatoms. The largest absolute Gasteiger partial charge is 0.336 e. The van der Waals surface area contributed by atoms with Gasteiger partial charge in [-0.05, 0) is 43.8 Å². The Balaban J connectivity index is 2.41. The zero-order chi connectivity index (χ0) is 17.0. The van der Waals surface area contributed by atoms with E-state index in [4.69, 9.17) is 17.5 Å². The molecule has 1 heterocycles. The lowest BCUT2D eigenvalue weighted by Crippen LogP contribution is -2.33. The smallest absolute Gasteiger partial charge is 0.262 e. The van der Waals surface area contributed by atoms with Gasteiger partial charge in [0.15, 0.2) is 4.77 Å². The lowest BCUT2D eigenvalue weighted by Gasteiger charge is -2.11. The number of benzene rings is 1. The van der Waals surface area contributed by atoms with E-state index in [1.54, 1.807) is 18.2 Å². The first-order chi connectivity index (χ1) is 11.0. The van der Waals surface area contributed by atoms with Crippen LogP contribution >= 0.6 is 12.2 Å². The van der Waals surface area contributed by atoms with E-state index >= 15 is 0 Å². The fraction of sp³-hybridized carbons (Fsp3) is 0.375. The van der Waals surface area contributed by atoms with Gasteiger partial charge in [-0.3, -0.25) is 14.2 Å². The number of nitrogens with zero attached hydrogens (tertiary/aromatic N) is 2. The van der Waals surface area contributed by atoms with Gasteiger partial charge >= 0.3 is 0 Å². The zero-order valence-corrected chi connectivity index (χ0v) is 13.9. The van der Waals surface area contributed by atoms with E-state index in [1.807, 2.05) is 13.8 Å². The highest BCUT2D eigenvalue weighted by Crippen LogP contribution is 2.11. The molecule has 0 fully saturated rings. The van der Waals surface area contributed by atoms with Crippen LogP contribution in [0.25, 0.3) is 10.9 Å². The lowest BCUT2D eigenvalue weighted by atomic mass is 10.1. The predicted octanol–water partition coefficient (Wildman–Crippen LogP) is 2.50. The van der Waals surface area contributed by atoms with Crippen LogP contribution < -0.4 is 10.9 Å². The molecule has 0 spiro atoms. The van der Waals surface area contributed by atoms with Crippen molar-refractivity contribution in [2.24, 2.45) is 0 Å². The number of hydrogen-bond donors (Lipinski definition) is 2. The predicted molar refractivity (Wildman–Crippen MR) is 90.8 cm³/mol. The molecule has 0 aliphatic heterocycles. The maximum atomic E-state index is 12.3. The van der Waals surface area contributed by atoms with Crippen molar-refractivity contribution >= 4 is 29.0 Å². The van der Waals surface area contributed by atoms with Gasteiger partial charge in [0.05, 0.1) is 17.0 Å². The fourth-order valence-electron chi connectivity index (χ4n) is 2.38. The van der Waals surface area contributed by atoms with Crippen molar-refractivity contribution < 1.29 is 4.79 Å². The number of hydrogen-bond acceptors (Lipinski definition) is 4. The summed E-state index contributed by atoms with van der Waals surface area (Å²) in [4.78, 5) is 27.5. The molecular formula is C16H18N4O2S. The minimum atomic E-state index is -0.519. The minimum absolute atomic E-state index is 0.181. The zero-order valence-electron chi connectivity index (χ0n) is 13.0. The van der Waals surface area contributed by atoms with Crippen molar-refractivity contribution in [1.82, 2.24) is 14.9 Å². The molecule has 0 bridgehead atoms. The van der Waals surface area contributed by atoms with Gasteiger partial charge in [0, 0.05) is 12.1 Å². The summed E-state index contributed by atoms with van der Waals surface area (Å²) < 4.78 is 1.79. The molecule has 0 aliphatic rings. The Labute approximate surface area is 138 Å². The lowest BCUT2D eigenvalue weighted by molar-refractivity contribution is 0.0944. The number of aromatic amines is 1. The molecule has 2 N–H and O–H groups in total. The van der Waals surface area contributed by atoms with Crippen LogP contribution in [-0.4, -0.2) is 21.5 Å². The van der Waals surface area contributed by atoms with E-state index in [2.05, 4.69) is 16.4 Å². The van der Waals surface area contributed by atoms with Crippen LogP contribution in [0.4, 0.5) is 0 Å². The average molecular weight is 330 g/mol.